The van der Waals surface area contributed by atoms with Crippen molar-refractivity contribution in [2.75, 3.05) is 13.2 Å². The zero-order valence-corrected chi connectivity index (χ0v) is 19.1. The Morgan fingerprint density at radius 2 is 1.74 bits per heavy atom. The molecule has 0 saturated heterocycles. The van der Waals surface area contributed by atoms with Gasteiger partial charge in [-0.1, -0.05) is 24.3 Å². The van der Waals surface area contributed by atoms with Crippen molar-refractivity contribution >= 4 is 23.8 Å². The van der Waals surface area contributed by atoms with E-state index < -0.39 is 23.4 Å². The zero-order valence-electron chi connectivity index (χ0n) is 19.1. The van der Waals surface area contributed by atoms with Crippen molar-refractivity contribution in [3.63, 3.8) is 0 Å². The van der Waals surface area contributed by atoms with Crippen LogP contribution >= 0.6 is 0 Å². The van der Waals surface area contributed by atoms with E-state index in [1.165, 1.54) is 18.3 Å². The van der Waals surface area contributed by atoms with Crippen LogP contribution in [0.2, 0.25) is 0 Å². The fourth-order valence-corrected chi connectivity index (χ4v) is 2.94. The molecule has 180 valence electrons. The van der Waals surface area contributed by atoms with Gasteiger partial charge in [0.25, 0.3) is 5.91 Å². The number of ether oxygens (including phenoxy) is 3. The van der Waals surface area contributed by atoms with Gasteiger partial charge in [0.1, 0.15) is 0 Å². The third-order valence-electron chi connectivity index (χ3n) is 4.55. The molecule has 0 spiro atoms. The Kier molecular flexibility index (Phi) is 8.49. The lowest BCUT2D eigenvalue weighted by Gasteiger charge is -2.11. The summed E-state index contributed by atoms with van der Waals surface area (Å²) in [6.07, 6.45) is 1.37. The Labute approximate surface area is 201 Å². The minimum absolute atomic E-state index is 0.0123. The number of rotatable bonds is 10. The molecule has 0 atom stereocenters. The minimum Gasteiger partial charge on any atom is -0.490 e. The van der Waals surface area contributed by atoms with Crippen LogP contribution in [-0.4, -0.2) is 36.2 Å². The molecule has 3 rings (SSSR count). The summed E-state index contributed by atoms with van der Waals surface area (Å²) in [5.41, 5.74) is 3.74. The molecule has 0 aromatic heterocycles. The van der Waals surface area contributed by atoms with Gasteiger partial charge < -0.3 is 14.2 Å². The summed E-state index contributed by atoms with van der Waals surface area (Å²) in [5.74, 6) is -0.553. The summed E-state index contributed by atoms with van der Waals surface area (Å²) in [4.78, 5) is 34.9. The van der Waals surface area contributed by atoms with E-state index in [-0.39, 0.29) is 17.2 Å². The lowest BCUT2D eigenvalue weighted by molar-refractivity contribution is -0.385. The van der Waals surface area contributed by atoms with Crippen LogP contribution in [-0.2, 0) is 4.79 Å². The maximum Gasteiger partial charge on any atom is 0.343 e. The first kappa shape index (κ1) is 24.9. The van der Waals surface area contributed by atoms with Crippen LogP contribution in [0.1, 0.15) is 28.4 Å². The van der Waals surface area contributed by atoms with E-state index >= 15 is 0 Å². The van der Waals surface area contributed by atoms with Crippen molar-refractivity contribution in [3.8, 4) is 17.2 Å². The molecule has 0 bridgehead atoms. The van der Waals surface area contributed by atoms with Crippen molar-refractivity contribution in [3.05, 3.63) is 93.5 Å². The predicted molar refractivity (Wildman–Crippen MR) is 128 cm³/mol. The highest BCUT2D eigenvalue weighted by molar-refractivity contribution is 5.91. The van der Waals surface area contributed by atoms with Crippen molar-refractivity contribution < 1.29 is 28.7 Å². The number of carbonyl (C=O) groups excluding carboxylic acids is 2. The third kappa shape index (κ3) is 7.13. The highest BCUT2D eigenvalue weighted by Gasteiger charge is 2.16. The average Bonchev–Trinajstić information content (AvgIpc) is 2.85. The lowest BCUT2D eigenvalue weighted by atomic mass is 10.2. The highest BCUT2D eigenvalue weighted by atomic mass is 16.6. The van der Waals surface area contributed by atoms with E-state index in [1.807, 2.05) is 0 Å². The molecular formula is C25H23N3O7. The van der Waals surface area contributed by atoms with Crippen LogP contribution in [0.4, 0.5) is 5.69 Å². The van der Waals surface area contributed by atoms with Crippen molar-refractivity contribution in [1.29, 1.82) is 0 Å². The monoisotopic (exact) mass is 477 g/mol. The quantitative estimate of drug-likeness (QED) is 0.153. The second kappa shape index (κ2) is 11.9. The van der Waals surface area contributed by atoms with Crippen molar-refractivity contribution in [2.24, 2.45) is 5.10 Å². The van der Waals surface area contributed by atoms with Gasteiger partial charge in [0.15, 0.2) is 23.9 Å². The number of nitrogens with one attached hydrogen (secondary N) is 1. The molecule has 0 aliphatic heterocycles. The number of amides is 1. The van der Waals surface area contributed by atoms with Crippen molar-refractivity contribution in [1.82, 2.24) is 5.43 Å². The fraction of sp³-hybridized carbons (Fsp3) is 0.160. The molecule has 0 heterocycles. The van der Waals surface area contributed by atoms with Gasteiger partial charge in [0, 0.05) is 6.07 Å². The summed E-state index contributed by atoms with van der Waals surface area (Å²) in [6.45, 7) is 3.40. The molecule has 0 aliphatic rings. The standard InChI is InChI=1S/C25H23N3O7/c1-3-33-23-14-18(10-12-22(23)35-25(30)19-7-5-4-6-8-19)15-26-27-24(29)16-34-21-11-9-17(2)13-20(21)28(31)32/h4-15H,3,16H2,1-2H3,(H,27,29)/b26-15+. The maximum absolute atomic E-state index is 12.3. The lowest BCUT2D eigenvalue weighted by Crippen LogP contribution is -2.24. The first-order chi connectivity index (χ1) is 16.9. The maximum atomic E-state index is 12.3. The van der Waals surface area contributed by atoms with E-state index in [2.05, 4.69) is 10.5 Å². The summed E-state index contributed by atoms with van der Waals surface area (Å²) in [6, 6.07) is 17.8. The SMILES string of the molecule is CCOc1cc(/C=N/NC(=O)COc2ccc(C)cc2[N+](=O)[O-])ccc1OC(=O)c1ccccc1. The predicted octanol–water partition coefficient (Wildman–Crippen LogP) is 4.05. The first-order valence-electron chi connectivity index (χ1n) is 10.6. The molecule has 10 heteroatoms. The Bertz CT molecular complexity index is 1240. The Hall–Kier alpha value is -4.73. The molecule has 0 saturated carbocycles. The number of benzene rings is 3. The van der Waals surface area contributed by atoms with Gasteiger partial charge in [-0.2, -0.15) is 5.10 Å². The molecule has 0 fully saturated rings. The smallest absolute Gasteiger partial charge is 0.343 e. The number of carbonyl (C=O) groups is 2. The Morgan fingerprint density at radius 3 is 2.46 bits per heavy atom. The van der Waals surface area contributed by atoms with Gasteiger partial charge in [-0.3, -0.25) is 14.9 Å². The summed E-state index contributed by atoms with van der Waals surface area (Å²) >= 11 is 0. The number of nitrogens with zero attached hydrogens (tertiary/aromatic N) is 2. The van der Waals surface area contributed by atoms with E-state index in [1.54, 1.807) is 68.4 Å². The largest absolute Gasteiger partial charge is 0.490 e. The molecular weight excluding hydrogens is 454 g/mol. The first-order valence-corrected chi connectivity index (χ1v) is 10.6. The van der Waals surface area contributed by atoms with Crippen LogP contribution in [0, 0.1) is 17.0 Å². The van der Waals surface area contributed by atoms with E-state index in [4.69, 9.17) is 14.2 Å². The highest BCUT2D eigenvalue weighted by Crippen LogP contribution is 2.29. The normalized spacial score (nSPS) is 10.6. The van der Waals surface area contributed by atoms with E-state index in [0.29, 0.717) is 29.0 Å². The van der Waals surface area contributed by atoms with E-state index in [9.17, 15) is 19.7 Å². The van der Waals surface area contributed by atoms with Gasteiger partial charge in [0.05, 0.1) is 23.3 Å². The molecule has 1 N–H and O–H groups in total. The van der Waals surface area contributed by atoms with Crippen LogP contribution in [0.25, 0.3) is 0 Å². The topological polar surface area (TPSA) is 129 Å². The summed E-state index contributed by atoms with van der Waals surface area (Å²) in [5, 5.41) is 15.0. The molecule has 0 unspecified atom stereocenters. The molecule has 3 aromatic rings. The number of nitro groups is 1. The Balaban J connectivity index is 1.60. The van der Waals surface area contributed by atoms with Gasteiger partial charge in [0.2, 0.25) is 0 Å². The average molecular weight is 477 g/mol. The second-order valence-electron chi connectivity index (χ2n) is 7.20. The number of nitro benzene ring substituents is 1. The third-order valence-corrected chi connectivity index (χ3v) is 4.55. The molecule has 1 amide bonds. The van der Waals surface area contributed by atoms with Gasteiger partial charge in [-0.05, 0) is 61.4 Å². The van der Waals surface area contributed by atoms with Gasteiger partial charge >= 0.3 is 11.7 Å². The molecule has 3 aromatic carbocycles. The number of hydrogen-bond acceptors (Lipinski definition) is 8. The van der Waals surface area contributed by atoms with Crippen LogP contribution in [0.5, 0.6) is 17.2 Å². The van der Waals surface area contributed by atoms with Gasteiger partial charge in [-0.25, -0.2) is 10.2 Å². The minimum atomic E-state index is -0.602. The fourth-order valence-electron chi connectivity index (χ4n) is 2.94. The van der Waals surface area contributed by atoms with Gasteiger partial charge in [-0.15, -0.1) is 0 Å². The second-order valence-corrected chi connectivity index (χ2v) is 7.20. The Morgan fingerprint density at radius 1 is 1.00 bits per heavy atom. The van der Waals surface area contributed by atoms with Crippen molar-refractivity contribution in [2.45, 2.75) is 13.8 Å². The molecule has 10 nitrogen and oxygen atoms in total. The number of hydrazone groups is 1. The molecule has 0 aliphatic carbocycles. The van der Waals surface area contributed by atoms with E-state index in [0.717, 1.165) is 0 Å². The summed E-state index contributed by atoms with van der Waals surface area (Å²) < 4.78 is 16.3. The number of hydrogen-bond donors (Lipinski definition) is 1. The van der Waals surface area contributed by atoms with Crippen LogP contribution < -0.4 is 19.6 Å². The molecule has 35 heavy (non-hydrogen) atoms. The van der Waals surface area contributed by atoms with Crippen LogP contribution in [0.15, 0.2) is 71.8 Å². The number of aryl methyl sites for hydroxylation is 1. The van der Waals surface area contributed by atoms with Crippen LogP contribution in [0.3, 0.4) is 0 Å². The number of esters is 1. The summed E-state index contributed by atoms with van der Waals surface area (Å²) in [7, 11) is 0. The molecule has 0 radical (unpaired) electrons. The zero-order chi connectivity index (χ0) is 25.2.